The predicted octanol–water partition coefficient (Wildman–Crippen LogP) is 4.15. The van der Waals surface area contributed by atoms with Crippen molar-refractivity contribution in [1.29, 1.82) is 0 Å². The van der Waals surface area contributed by atoms with Crippen molar-refractivity contribution in [2.75, 3.05) is 32.2 Å². The van der Waals surface area contributed by atoms with E-state index < -0.39 is 0 Å². The lowest BCUT2D eigenvalue weighted by Crippen LogP contribution is -2.44. The third kappa shape index (κ3) is 4.61. The number of carbonyl (C=O) groups is 1. The zero-order chi connectivity index (χ0) is 21.8. The molecular weight excluding hydrogens is 416 g/mol. The van der Waals surface area contributed by atoms with E-state index in [-0.39, 0.29) is 11.9 Å². The van der Waals surface area contributed by atoms with Crippen LogP contribution in [-0.2, 0) is 0 Å². The van der Waals surface area contributed by atoms with Gasteiger partial charge in [0.05, 0.1) is 25.5 Å². The van der Waals surface area contributed by atoms with Gasteiger partial charge in [0.15, 0.2) is 17.3 Å². The highest BCUT2D eigenvalue weighted by molar-refractivity contribution is 6.30. The van der Waals surface area contributed by atoms with Crippen LogP contribution in [0.3, 0.4) is 0 Å². The number of para-hydroxylation sites is 1. The highest BCUT2D eigenvalue weighted by atomic mass is 35.5. The molecular formula is C23H25ClN4O3. The number of anilines is 1. The molecule has 1 fully saturated rings. The van der Waals surface area contributed by atoms with Crippen LogP contribution in [-0.4, -0.2) is 49.5 Å². The average molecular weight is 441 g/mol. The number of rotatable bonds is 6. The first-order valence-corrected chi connectivity index (χ1v) is 10.5. The van der Waals surface area contributed by atoms with Gasteiger partial charge < -0.3 is 19.7 Å². The number of benzene rings is 2. The van der Waals surface area contributed by atoms with Crippen molar-refractivity contribution in [3.63, 3.8) is 0 Å². The first-order chi connectivity index (χ1) is 15.1. The Morgan fingerprint density at radius 3 is 2.55 bits per heavy atom. The number of nitrogens with one attached hydrogen (secondary N) is 2. The minimum atomic E-state index is -0.154. The Hall–Kier alpha value is -3.19. The average Bonchev–Trinajstić information content (AvgIpc) is 3.29. The van der Waals surface area contributed by atoms with Gasteiger partial charge in [0.25, 0.3) is 5.91 Å². The molecule has 0 bridgehead atoms. The van der Waals surface area contributed by atoms with Crippen molar-refractivity contribution in [3.05, 3.63) is 59.1 Å². The second kappa shape index (κ2) is 9.31. The van der Waals surface area contributed by atoms with Gasteiger partial charge in [0, 0.05) is 30.2 Å². The van der Waals surface area contributed by atoms with Gasteiger partial charge in [-0.25, -0.2) is 0 Å². The molecule has 2 N–H and O–H groups in total. The van der Waals surface area contributed by atoms with E-state index in [1.54, 1.807) is 25.3 Å². The zero-order valence-corrected chi connectivity index (χ0v) is 18.3. The van der Waals surface area contributed by atoms with Crippen LogP contribution in [0.1, 0.15) is 23.2 Å². The largest absolute Gasteiger partial charge is 0.493 e. The van der Waals surface area contributed by atoms with E-state index in [9.17, 15) is 4.79 Å². The third-order valence-electron chi connectivity index (χ3n) is 5.52. The van der Waals surface area contributed by atoms with E-state index >= 15 is 0 Å². The van der Waals surface area contributed by atoms with Gasteiger partial charge in [0.2, 0.25) is 0 Å². The summed E-state index contributed by atoms with van der Waals surface area (Å²) in [6, 6.07) is 15.1. The van der Waals surface area contributed by atoms with Crippen LogP contribution in [0.25, 0.3) is 11.3 Å². The number of aromatic nitrogens is 2. The molecule has 4 rings (SSSR count). The molecule has 2 aromatic carbocycles. The molecule has 0 unspecified atom stereocenters. The summed E-state index contributed by atoms with van der Waals surface area (Å²) in [4.78, 5) is 15.0. The predicted molar refractivity (Wildman–Crippen MR) is 121 cm³/mol. The number of nitrogens with zero attached hydrogens (tertiary/aromatic N) is 2. The van der Waals surface area contributed by atoms with Gasteiger partial charge in [-0.3, -0.25) is 9.89 Å². The van der Waals surface area contributed by atoms with Crippen molar-refractivity contribution in [3.8, 4) is 22.8 Å². The molecule has 0 saturated carbocycles. The van der Waals surface area contributed by atoms with Crippen LogP contribution in [0, 0.1) is 0 Å². The summed E-state index contributed by atoms with van der Waals surface area (Å²) in [5, 5.41) is 11.4. The molecule has 1 aliphatic heterocycles. The number of H-pyrrole nitrogens is 1. The van der Waals surface area contributed by atoms with Gasteiger partial charge in [-0.1, -0.05) is 29.8 Å². The smallest absolute Gasteiger partial charge is 0.255 e. The maximum absolute atomic E-state index is 12.8. The molecule has 0 spiro atoms. The van der Waals surface area contributed by atoms with Crippen molar-refractivity contribution in [2.45, 2.75) is 18.9 Å². The summed E-state index contributed by atoms with van der Waals surface area (Å²) >= 11 is 5.97. The molecule has 1 saturated heterocycles. The van der Waals surface area contributed by atoms with Gasteiger partial charge in [-0.2, -0.15) is 5.10 Å². The van der Waals surface area contributed by atoms with E-state index in [2.05, 4.69) is 20.4 Å². The van der Waals surface area contributed by atoms with Crippen molar-refractivity contribution in [1.82, 2.24) is 15.5 Å². The molecule has 0 atom stereocenters. The number of piperidine rings is 1. The Kier molecular flexibility index (Phi) is 6.32. The fraction of sp³-hybridized carbons (Fsp3) is 0.304. The number of carbonyl (C=O) groups excluding carboxylic acids is 1. The number of hydrogen-bond acceptors (Lipinski definition) is 5. The lowest BCUT2D eigenvalue weighted by atomic mass is 10.0. The molecule has 0 radical (unpaired) electrons. The summed E-state index contributed by atoms with van der Waals surface area (Å²) < 4.78 is 10.7. The Morgan fingerprint density at radius 1 is 1.13 bits per heavy atom. The molecule has 7 nitrogen and oxygen atoms in total. The molecule has 2 heterocycles. The Balaban J connectivity index is 1.36. The van der Waals surface area contributed by atoms with Crippen LogP contribution in [0.15, 0.2) is 48.5 Å². The van der Waals surface area contributed by atoms with E-state index in [1.807, 2.05) is 30.3 Å². The SMILES string of the molecule is COc1cccc(C(=O)NC2CCN(c3cc(-c4ccc(Cl)cc4)[nH]n3)CC2)c1OC. The summed E-state index contributed by atoms with van der Waals surface area (Å²) in [6.07, 6.45) is 1.67. The molecule has 1 aromatic heterocycles. The maximum atomic E-state index is 12.8. The van der Waals surface area contributed by atoms with Gasteiger partial charge in [-0.05, 0) is 42.7 Å². The minimum Gasteiger partial charge on any atom is -0.493 e. The first-order valence-electron chi connectivity index (χ1n) is 10.2. The molecule has 3 aromatic rings. The van der Waals surface area contributed by atoms with E-state index in [1.165, 1.54) is 7.11 Å². The molecule has 1 amide bonds. The summed E-state index contributed by atoms with van der Waals surface area (Å²) in [6.45, 7) is 1.62. The van der Waals surface area contributed by atoms with Gasteiger partial charge in [-0.15, -0.1) is 0 Å². The third-order valence-corrected chi connectivity index (χ3v) is 5.77. The number of halogens is 1. The second-order valence-corrected chi connectivity index (χ2v) is 7.86. The quantitative estimate of drug-likeness (QED) is 0.602. The number of methoxy groups -OCH3 is 2. The van der Waals surface area contributed by atoms with Gasteiger partial charge in [0.1, 0.15) is 0 Å². The van der Waals surface area contributed by atoms with Crippen LogP contribution in [0.2, 0.25) is 5.02 Å². The highest BCUT2D eigenvalue weighted by Crippen LogP contribution is 2.31. The molecule has 8 heteroatoms. The minimum absolute atomic E-state index is 0.0920. The van der Waals surface area contributed by atoms with Crippen molar-refractivity contribution in [2.24, 2.45) is 0 Å². The van der Waals surface area contributed by atoms with Crippen molar-refractivity contribution >= 4 is 23.3 Å². The topological polar surface area (TPSA) is 79.5 Å². The number of aromatic amines is 1. The first kappa shape index (κ1) is 21.1. The molecule has 162 valence electrons. The highest BCUT2D eigenvalue weighted by Gasteiger charge is 2.24. The Morgan fingerprint density at radius 2 is 1.87 bits per heavy atom. The molecule has 1 aliphatic rings. The lowest BCUT2D eigenvalue weighted by Gasteiger charge is -2.32. The number of ether oxygens (including phenoxy) is 2. The molecule has 0 aliphatic carbocycles. The normalized spacial score (nSPS) is 14.4. The second-order valence-electron chi connectivity index (χ2n) is 7.42. The van der Waals surface area contributed by atoms with Crippen LogP contribution in [0.4, 0.5) is 5.82 Å². The van der Waals surface area contributed by atoms with Crippen LogP contribution >= 0.6 is 11.6 Å². The van der Waals surface area contributed by atoms with E-state index in [4.69, 9.17) is 21.1 Å². The summed E-state index contributed by atoms with van der Waals surface area (Å²) in [5.74, 6) is 1.74. The fourth-order valence-electron chi connectivity index (χ4n) is 3.83. The lowest BCUT2D eigenvalue weighted by molar-refractivity contribution is 0.0927. The summed E-state index contributed by atoms with van der Waals surface area (Å²) in [7, 11) is 3.10. The van der Waals surface area contributed by atoms with Crippen molar-refractivity contribution < 1.29 is 14.3 Å². The number of hydrogen-bond donors (Lipinski definition) is 2. The standard InChI is InChI=1S/C23H25ClN4O3/c1-30-20-5-3-4-18(22(20)31-2)23(29)25-17-10-12-28(13-11-17)21-14-19(26-27-21)15-6-8-16(24)9-7-15/h3-9,14,17H,10-13H2,1-2H3,(H,25,29)(H,26,27). The fourth-order valence-corrected chi connectivity index (χ4v) is 3.96. The summed E-state index contributed by atoms with van der Waals surface area (Å²) in [5.41, 5.74) is 2.47. The monoisotopic (exact) mass is 440 g/mol. The zero-order valence-electron chi connectivity index (χ0n) is 17.5. The van der Waals surface area contributed by atoms with E-state index in [0.29, 0.717) is 22.1 Å². The van der Waals surface area contributed by atoms with Crippen LogP contribution < -0.4 is 19.7 Å². The molecule has 31 heavy (non-hydrogen) atoms. The Bertz CT molecular complexity index is 1040. The van der Waals surface area contributed by atoms with E-state index in [0.717, 1.165) is 43.0 Å². The Labute approximate surface area is 186 Å². The van der Waals surface area contributed by atoms with Gasteiger partial charge >= 0.3 is 0 Å². The maximum Gasteiger partial charge on any atom is 0.255 e. The number of amides is 1. The van der Waals surface area contributed by atoms with Crippen LogP contribution in [0.5, 0.6) is 11.5 Å².